The fourth-order valence-electron chi connectivity index (χ4n) is 4.35. The predicted octanol–water partition coefficient (Wildman–Crippen LogP) is 2.53. The molecule has 0 saturated carbocycles. The van der Waals surface area contributed by atoms with Gasteiger partial charge in [-0.25, -0.2) is 0 Å². The van der Waals surface area contributed by atoms with Crippen LogP contribution in [0.25, 0.3) is 4.65 Å². The van der Waals surface area contributed by atoms with Crippen LogP contribution in [-0.4, -0.2) is 32.6 Å². The summed E-state index contributed by atoms with van der Waals surface area (Å²) in [6.45, 7) is 27.6. The van der Waals surface area contributed by atoms with E-state index in [-0.39, 0.29) is 18.9 Å². The maximum absolute atomic E-state index is 5.42. The molecule has 0 aromatic rings. The van der Waals surface area contributed by atoms with Gasteiger partial charge in [-0.15, -0.1) is 0 Å². The Labute approximate surface area is 132 Å². The molecule has 0 radical (unpaired) electrons. The number of hydrogen-bond donors (Lipinski definition) is 0. The van der Waals surface area contributed by atoms with Gasteiger partial charge in [-0.3, -0.25) is 0 Å². The summed E-state index contributed by atoms with van der Waals surface area (Å²) in [5, 5.41) is 0. The second kappa shape index (κ2) is 6.46. The quantitative estimate of drug-likeness (QED) is 0.693. The van der Waals surface area contributed by atoms with Crippen LogP contribution in [-0.2, 0) is 0 Å². The normalized spacial score (nSPS) is 14.7. The van der Waals surface area contributed by atoms with Gasteiger partial charge in [0.25, 0.3) is 0 Å². The van der Waals surface area contributed by atoms with Crippen molar-refractivity contribution in [2.75, 3.05) is 0 Å². The zero-order valence-electron chi connectivity index (χ0n) is 15.0. The van der Waals surface area contributed by atoms with Crippen LogP contribution in [0.5, 0.6) is 0 Å². The van der Waals surface area contributed by atoms with Gasteiger partial charge in [0, 0.05) is 16.1 Å². The van der Waals surface area contributed by atoms with Crippen molar-refractivity contribution in [2.24, 2.45) is 0 Å². The molecule has 1 nitrogen and oxygen atoms in total. The van der Waals surface area contributed by atoms with Crippen LogP contribution in [0.4, 0.5) is 0 Å². The average molecular weight is 312 g/mol. The van der Waals surface area contributed by atoms with Gasteiger partial charge in [-0.1, -0.05) is 93.3 Å². The summed E-state index contributed by atoms with van der Waals surface area (Å²) < 4.78 is 5.42. The van der Waals surface area contributed by atoms with E-state index in [0.29, 0.717) is 0 Å². The van der Waals surface area contributed by atoms with Crippen LogP contribution in [0, 0.1) is 0 Å². The summed E-state index contributed by atoms with van der Waals surface area (Å²) >= 11 is 0. The molecular formula is C12H34LiNSi4. The standard InChI is InChI=1S/C12H34NSi4.Li/c1-14(2,3)12(15(4,5)6)17(10,11)13-16(7,8)9;/h12H,1-11H3;/q-1;+1. The molecule has 0 aliphatic heterocycles. The summed E-state index contributed by atoms with van der Waals surface area (Å²) in [7, 11) is -4.92. The molecule has 18 heavy (non-hydrogen) atoms. The molecule has 104 valence electrons. The average Bonchev–Trinajstić information content (AvgIpc) is 1.66. The first-order valence-corrected chi connectivity index (χ1v) is 20.4. The largest absolute Gasteiger partial charge is 1.00 e. The van der Waals surface area contributed by atoms with Crippen molar-refractivity contribution < 1.29 is 18.9 Å². The molecular weight excluding hydrogens is 277 g/mol. The van der Waals surface area contributed by atoms with Gasteiger partial charge >= 0.3 is 18.9 Å². The molecule has 0 spiro atoms. The molecule has 0 rings (SSSR count). The van der Waals surface area contributed by atoms with Gasteiger partial charge in [0.1, 0.15) is 0 Å². The van der Waals surface area contributed by atoms with Crippen molar-refractivity contribution in [3.05, 3.63) is 4.65 Å². The van der Waals surface area contributed by atoms with Crippen LogP contribution in [0.2, 0.25) is 76.8 Å². The second-order valence-electron chi connectivity index (χ2n) is 9.10. The summed E-state index contributed by atoms with van der Waals surface area (Å²) in [6.07, 6.45) is 0. The molecule has 0 aliphatic rings. The minimum Gasteiger partial charge on any atom is -0.668 e. The van der Waals surface area contributed by atoms with Gasteiger partial charge in [0.05, 0.1) is 0 Å². The van der Waals surface area contributed by atoms with E-state index in [4.69, 9.17) is 4.65 Å². The van der Waals surface area contributed by atoms with E-state index in [0.717, 1.165) is 4.79 Å². The first-order valence-electron chi connectivity index (χ1n) is 6.81. The maximum atomic E-state index is 5.42. The van der Waals surface area contributed by atoms with Gasteiger partial charge in [-0.2, -0.15) is 0 Å². The van der Waals surface area contributed by atoms with E-state index in [1.165, 1.54) is 0 Å². The van der Waals surface area contributed by atoms with Gasteiger partial charge in [0.15, 0.2) is 0 Å². The molecule has 0 aromatic heterocycles. The molecule has 0 saturated heterocycles. The molecule has 0 atom stereocenters. The molecule has 0 heterocycles. The summed E-state index contributed by atoms with van der Waals surface area (Å²) in [6, 6.07) is 0. The van der Waals surface area contributed by atoms with Gasteiger partial charge < -0.3 is 4.65 Å². The van der Waals surface area contributed by atoms with Crippen molar-refractivity contribution in [3.63, 3.8) is 0 Å². The van der Waals surface area contributed by atoms with Crippen LogP contribution >= 0.6 is 0 Å². The predicted molar refractivity (Wildman–Crippen MR) is 94.6 cm³/mol. The van der Waals surface area contributed by atoms with Crippen molar-refractivity contribution in [1.29, 1.82) is 0 Å². The Balaban J connectivity index is 0. The molecule has 0 unspecified atom stereocenters. The number of nitrogens with zero attached hydrogens (tertiary/aromatic N) is 1. The van der Waals surface area contributed by atoms with E-state index in [2.05, 4.69) is 72.0 Å². The summed E-state index contributed by atoms with van der Waals surface area (Å²) in [5.41, 5.74) is 0. The Bertz CT molecular complexity index is 247. The molecule has 0 N–H and O–H groups in total. The van der Waals surface area contributed by atoms with Crippen LogP contribution in [0.15, 0.2) is 0 Å². The SMILES string of the molecule is C[Si](C)(C)[N-][Si](C)(C)C([Si](C)(C)C)[Si](C)(C)C.[Li+]. The third kappa shape index (κ3) is 7.27. The molecule has 0 aliphatic carbocycles. The topological polar surface area (TPSA) is 14.1 Å². The van der Waals surface area contributed by atoms with Crippen molar-refractivity contribution in [1.82, 2.24) is 0 Å². The van der Waals surface area contributed by atoms with Crippen LogP contribution in [0.3, 0.4) is 0 Å². The monoisotopic (exact) mass is 311 g/mol. The fourth-order valence-corrected chi connectivity index (χ4v) is 40.3. The van der Waals surface area contributed by atoms with Crippen LogP contribution in [0.1, 0.15) is 0 Å². The van der Waals surface area contributed by atoms with E-state index in [1.54, 1.807) is 0 Å². The Morgan fingerprint density at radius 2 is 0.889 bits per heavy atom. The number of rotatable bonds is 5. The minimum absolute atomic E-state index is 0. The van der Waals surface area contributed by atoms with E-state index >= 15 is 0 Å². The second-order valence-corrected chi connectivity index (χ2v) is 30.6. The summed E-state index contributed by atoms with van der Waals surface area (Å²) in [5.74, 6) is 0. The number of hydrogen-bond acceptors (Lipinski definition) is 0. The third-order valence-electron chi connectivity index (χ3n) is 3.06. The molecule has 6 heteroatoms. The Morgan fingerprint density at radius 3 is 1.06 bits per heavy atom. The molecule has 0 bridgehead atoms. The van der Waals surface area contributed by atoms with Gasteiger partial charge in [0.2, 0.25) is 0 Å². The molecule has 0 amide bonds. The zero-order valence-corrected chi connectivity index (χ0v) is 19.0. The van der Waals surface area contributed by atoms with Crippen molar-refractivity contribution in [2.45, 2.75) is 76.8 Å². The van der Waals surface area contributed by atoms with E-state index < -0.39 is 32.6 Å². The van der Waals surface area contributed by atoms with Crippen LogP contribution < -0.4 is 18.9 Å². The third-order valence-corrected chi connectivity index (χ3v) is 27.6. The maximum Gasteiger partial charge on any atom is 1.00 e. The van der Waals surface area contributed by atoms with Crippen molar-refractivity contribution in [3.8, 4) is 0 Å². The Kier molecular flexibility index (Phi) is 7.80. The Hall–Kier alpha value is 1.42. The fraction of sp³-hybridized carbons (Fsp3) is 1.00. The molecule has 0 aromatic carbocycles. The van der Waals surface area contributed by atoms with Crippen molar-refractivity contribution >= 4 is 32.6 Å². The smallest absolute Gasteiger partial charge is 0.668 e. The minimum atomic E-state index is -1.43. The Morgan fingerprint density at radius 1 is 0.611 bits per heavy atom. The first-order chi connectivity index (χ1) is 7.07. The van der Waals surface area contributed by atoms with E-state index in [9.17, 15) is 0 Å². The summed E-state index contributed by atoms with van der Waals surface area (Å²) in [4.78, 5) is 0.995. The molecule has 0 fully saturated rings. The first kappa shape index (κ1) is 21.7. The zero-order chi connectivity index (χ0) is 14.3. The van der Waals surface area contributed by atoms with Gasteiger partial charge in [-0.05, 0) is 0 Å². The van der Waals surface area contributed by atoms with E-state index in [1.807, 2.05) is 0 Å².